The van der Waals surface area contributed by atoms with Gasteiger partial charge >= 0.3 is 0 Å². The number of nitrogens with two attached hydrogens (primary N) is 1. The smallest absolute Gasteiger partial charge is 0.183 e. The van der Waals surface area contributed by atoms with Crippen LogP contribution >= 0.6 is 11.8 Å². The van der Waals surface area contributed by atoms with Crippen molar-refractivity contribution >= 4 is 23.1 Å². The number of allylic oxidation sites excluding steroid dienone is 6. The maximum atomic E-state index is 5.74. The molecule has 0 saturated heterocycles. The van der Waals surface area contributed by atoms with E-state index in [9.17, 15) is 0 Å². The van der Waals surface area contributed by atoms with E-state index in [1.165, 1.54) is 11.1 Å². The maximum Gasteiger partial charge on any atom is 0.183 e. The van der Waals surface area contributed by atoms with Crippen molar-refractivity contribution in [2.24, 2.45) is 21.9 Å². The topological polar surface area (TPSA) is 54.0 Å². The van der Waals surface area contributed by atoms with Crippen LogP contribution in [0.25, 0.3) is 0 Å². The number of aliphatic imine (C=N–C) groups is 1. The molecule has 1 aliphatic carbocycles. The standard InChI is InChI=1S/C21H30N4S/c1-4-25(20-10-5-6-14-23-15-13-20)21(24-22)26-16-18-8-7-9-19(12-11-18)17(2)3/h5-8,11-15,17,20H,4,9-10,16,22H2,1-3H3/b6-5-,15-13+,23-14-,24-21+. The highest BCUT2D eigenvalue weighted by molar-refractivity contribution is 8.13. The summed E-state index contributed by atoms with van der Waals surface area (Å²) >= 11 is 1.69. The minimum atomic E-state index is 0.217. The van der Waals surface area contributed by atoms with Crippen molar-refractivity contribution in [3.63, 3.8) is 0 Å². The lowest BCUT2D eigenvalue weighted by Gasteiger charge is -2.30. The van der Waals surface area contributed by atoms with Crippen molar-refractivity contribution in [3.8, 4) is 0 Å². The van der Waals surface area contributed by atoms with Gasteiger partial charge in [-0.1, -0.05) is 61.6 Å². The fourth-order valence-corrected chi connectivity index (χ4v) is 3.89. The van der Waals surface area contributed by atoms with Gasteiger partial charge in [0.2, 0.25) is 0 Å². The van der Waals surface area contributed by atoms with E-state index in [4.69, 9.17) is 5.84 Å². The Morgan fingerprint density at radius 1 is 1.38 bits per heavy atom. The van der Waals surface area contributed by atoms with Gasteiger partial charge in [-0.3, -0.25) is 4.99 Å². The van der Waals surface area contributed by atoms with Gasteiger partial charge in [-0.15, -0.1) is 0 Å². The largest absolute Gasteiger partial charge is 0.343 e. The molecule has 1 atom stereocenters. The quantitative estimate of drug-likeness (QED) is 0.332. The molecule has 0 saturated carbocycles. The lowest BCUT2D eigenvalue weighted by Crippen LogP contribution is -2.38. The number of nitrogens with zero attached hydrogens (tertiary/aromatic N) is 3. The minimum absolute atomic E-state index is 0.217. The van der Waals surface area contributed by atoms with Crippen LogP contribution in [0.3, 0.4) is 0 Å². The Bertz CT molecular complexity index is 665. The molecule has 4 nitrogen and oxygen atoms in total. The summed E-state index contributed by atoms with van der Waals surface area (Å²) in [5.74, 6) is 7.18. The van der Waals surface area contributed by atoms with Gasteiger partial charge in [0.15, 0.2) is 5.17 Å². The van der Waals surface area contributed by atoms with Gasteiger partial charge in [0.25, 0.3) is 0 Å². The van der Waals surface area contributed by atoms with E-state index >= 15 is 0 Å². The van der Waals surface area contributed by atoms with Gasteiger partial charge in [-0.05, 0) is 43.4 Å². The van der Waals surface area contributed by atoms with Gasteiger partial charge in [0.05, 0.1) is 6.04 Å². The normalized spacial score (nSPS) is 24.2. The Labute approximate surface area is 162 Å². The molecule has 0 spiro atoms. The number of hydrogen-bond donors (Lipinski definition) is 1. The van der Waals surface area contributed by atoms with Gasteiger partial charge in [0, 0.05) is 24.7 Å². The second kappa shape index (κ2) is 10.9. The van der Waals surface area contributed by atoms with Crippen LogP contribution in [-0.4, -0.2) is 34.6 Å². The van der Waals surface area contributed by atoms with E-state index in [1.54, 1.807) is 18.0 Å². The van der Waals surface area contributed by atoms with Gasteiger partial charge in [0.1, 0.15) is 0 Å². The molecule has 1 aliphatic heterocycles. The van der Waals surface area contributed by atoms with Crippen LogP contribution in [0.5, 0.6) is 0 Å². The van der Waals surface area contributed by atoms with E-state index in [2.05, 4.69) is 72.2 Å². The first-order valence-electron chi connectivity index (χ1n) is 9.24. The molecule has 0 radical (unpaired) electrons. The van der Waals surface area contributed by atoms with Crippen LogP contribution in [0.2, 0.25) is 0 Å². The highest BCUT2D eigenvalue weighted by Gasteiger charge is 2.19. The average molecular weight is 371 g/mol. The molecule has 1 unspecified atom stereocenters. The molecule has 1 heterocycles. The summed E-state index contributed by atoms with van der Waals surface area (Å²) in [7, 11) is 0. The summed E-state index contributed by atoms with van der Waals surface area (Å²) < 4.78 is 0. The molecular weight excluding hydrogens is 340 g/mol. The Kier molecular flexibility index (Phi) is 8.48. The summed E-state index contributed by atoms with van der Waals surface area (Å²) in [6.07, 6.45) is 20.8. The van der Waals surface area contributed by atoms with Crippen LogP contribution in [-0.2, 0) is 0 Å². The summed E-state index contributed by atoms with van der Waals surface area (Å²) in [5.41, 5.74) is 2.76. The van der Waals surface area contributed by atoms with Crippen LogP contribution in [0.4, 0.5) is 0 Å². The average Bonchev–Trinajstić information content (AvgIpc) is 2.85. The van der Waals surface area contributed by atoms with Gasteiger partial charge in [-0.2, -0.15) is 5.10 Å². The molecule has 26 heavy (non-hydrogen) atoms. The predicted molar refractivity (Wildman–Crippen MR) is 116 cm³/mol. The number of rotatable bonds is 5. The summed E-state index contributed by atoms with van der Waals surface area (Å²) in [5, 5.41) is 4.95. The van der Waals surface area contributed by atoms with Crippen molar-refractivity contribution in [2.75, 3.05) is 12.3 Å². The molecule has 2 N–H and O–H groups in total. The highest BCUT2D eigenvalue weighted by Crippen LogP contribution is 2.23. The van der Waals surface area contributed by atoms with E-state index < -0.39 is 0 Å². The zero-order chi connectivity index (χ0) is 18.8. The fraction of sp³-hybridized carbons (Fsp3) is 0.429. The van der Waals surface area contributed by atoms with Crippen molar-refractivity contribution in [1.82, 2.24) is 4.90 Å². The minimum Gasteiger partial charge on any atom is -0.343 e. The third-order valence-corrected chi connectivity index (χ3v) is 5.56. The Morgan fingerprint density at radius 3 is 2.96 bits per heavy atom. The molecular formula is C21H30N4S. The molecule has 0 aromatic rings. The van der Waals surface area contributed by atoms with Crippen molar-refractivity contribution in [3.05, 3.63) is 59.9 Å². The summed E-state index contributed by atoms with van der Waals surface area (Å²) in [4.78, 5) is 6.45. The zero-order valence-corrected chi connectivity index (χ0v) is 16.8. The highest BCUT2D eigenvalue weighted by atomic mass is 32.2. The Hall–Kier alpha value is -2.01. The lowest BCUT2D eigenvalue weighted by atomic mass is 10.0. The number of thioether (sulfide) groups is 1. The Balaban J connectivity index is 2.05. The van der Waals surface area contributed by atoms with Crippen LogP contribution in [0.15, 0.2) is 70.0 Å². The van der Waals surface area contributed by atoms with E-state index in [0.29, 0.717) is 5.92 Å². The lowest BCUT2D eigenvalue weighted by molar-refractivity contribution is 0.382. The fourth-order valence-electron chi connectivity index (χ4n) is 2.90. The van der Waals surface area contributed by atoms with Crippen molar-refractivity contribution < 1.29 is 0 Å². The van der Waals surface area contributed by atoms with E-state index in [0.717, 1.165) is 30.3 Å². The van der Waals surface area contributed by atoms with Crippen molar-refractivity contribution in [2.45, 2.75) is 39.7 Å². The number of amidine groups is 1. The first-order valence-corrected chi connectivity index (χ1v) is 10.2. The van der Waals surface area contributed by atoms with E-state index in [-0.39, 0.29) is 6.04 Å². The molecule has 0 amide bonds. The van der Waals surface area contributed by atoms with Crippen LogP contribution in [0, 0.1) is 5.92 Å². The first-order chi connectivity index (χ1) is 12.7. The molecule has 0 fully saturated rings. The monoisotopic (exact) mass is 370 g/mol. The van der Waals surface area contributed by atoms with Crippen LogP contribution < -0.4 is 5.84 Å². The molecule has 2 aliphatic rings. The molecule has 140 valence electrons. The third-order valence-electron chi connectivity index (χ3n) is 4.48. The SMILES string of the molecule is CCN(/C(=N\N)SCC1=CC=C(C(C)C)CC=C1)C1/C=C/N=C\C=C/C1. The number of hydrazone groups is 1. The summed E-state index contributed by atoms with van der Waals surface area (Å²) in [6.45, 7) is 7.47. The Morgan fingerprint density at radius 2 is 2.23 bits per heavy atom. The van der Waals surface area contributed by atoms with Gasteiger partial charge < -0.3 is 10.7 Å². The summed E-state index contributed by atoms with van der Waals surface area (Å²) in [6, 6.07) is 0.217. The maximum absolute atomic E-state index is 5.74. The third kappa shape index (κ3) is 6.06. The molecule has 5 heteroatoms. The van der Waals surface area contributed by atoms with E-state index in [1.807, 2.05) is 12.3 Å². The van der Waals surface area contributed by atoms with Crippen molar-refractivity contribution in [1.29, 1.82) is 0 Å². The molecule has 0 aromatic carbocycles. The van der Waals surface area contributed by atoms with Gasteiger partial charge in [-0.25, -0.2) is 0 Å². The number of hydrogen-bond acceptors (Lipinski definition) is 4. The predicted octanol–water partition coefficient (Wildman–Crippen LogP) is 4.65. The second-order valence-electron chi connectivity index (χ2n) is 6.60. The molecule has 2 rings (SSSR count). The molecule has 0 bridgehead atoms. The van der Waals surface area contributed by atoms with Crippen LogP contribution in [0.1, 0.15) is 33.6 Å². The first kappa shape index (κ1) is 20.3. The molecule has 0 aromatic heterocycles. The zero-order valence-electron chi connectivity index (χ0n) is 16.0. The second-order valence-corrected chi connectivity index (χ2v) is 7.54. The number of likely N-dealkylation sites (N-methyl/N-ethyl adjacent to an activating group) is 1.